The molecule has 1 unspecified atom stereocenters. The summed E-state index contributed by atoms with van der Waals surface area (Å²) < 4.78 is 5.66. The van der Waals surface area contributed by atoms with Gasteiger partial charge in [0.15, 0.2) is 0 Å². The molecule has 8 nitrogen and oxygen atoms in total. The number of piperidine rings is 1. The third kappa shape index (κ3) is 5.26. The Morgan fingerprint density at radius 2 is 1.75 bits per heavy atom. The predicted octanol–water partition coefficient (Wildman–Crippen LogP) is 2.69. The fourth-order valence-corrected chi connectivity index (χ4v) is 5.70. The Morgan fingerprint density at radius 3 is 2.50 bits per heavy atom. The van der Waals surface area contributed by atoms with E-state index in [1.54, 1.807) is 7.11 Å². The smallest absolute Gasteiger partial charge is 0.254 e. The molecule has 3 aliphatic rings. The summed E-state index contributed by atoms with van der Waals surface area (Å²) in [4.78, 5) is 30.8. The van der Waals surface area contributed by atoms with Crippen molar-refractivity contribution in [1.82, 2.24) is 26.0 Å². The minimum absolute atomic E-state index is 0.00574. The molecule has 2 aromatic rings. The molecular formula is C28H37N5O3. The Morgan fingerprint density at radius 1 is 0.972 bits per heavy atom. The van der Waals surface area contributed by atoms with Crippen LogP contribution in [0.5, 0.6) is 5.75 Å². The molecule has 0 radical (unpaired) electrons. The van der Waals surface area contributed by atoms with Crippen LogP contribution in [0.2, 0.25) is 0 Å². The first-order valence-corrected chi connectivity index (χ1v) is 13.1. The van der Waals surface area contributed by atoms with Gasteiger partial charge >= 0.3 is 0 Å². The van der Waals surface area contributed by atoms with Crippen LogP contribution in [0.15, 0.2) is 42.5 Å². The highest BCUT2D eigenvalue weighted by Gasteiger charge is 2.32. The molecule has 192 valence electrons. The van der Waals surface area contributed by atoms with E-state index in [9.17, 15) is 9.59 Å². The number of hydrogen-bond acceptors (Lipinski definition) is 6. The van der Waals surface area contributed by atoms with E-state index in [2.05, 4.69) is 28.1 Å². The van der Waals surface area contributed by atoms with Gasteiger partial charge in [-0.15, -0.1) is 0 Å². The lowest BCUT2D eigenvalue weighted by Gasteiger charge is -2.29. The second-order valence-corrected chi connectivity index (χ2v) is 10.2. The van der Waals surface area contributed by atoms with Crippen LogP contribution in [-0.4, -0.2) is 74.5 Å². The zero-order chi connectivity index (χ0) is 25.1. The van der Waals surface area contributed by atoms with E-state index >= 15 is 0 Å². The summed E-state index contributed by atoms with van der Waals surface area (Å²) in [7, 11) is 3.77. The topological polar surface area (TPSA) is 85.9 Å². The first kappa shape index (κ1) is 24.7. The summed E-state index contributed by atoms with van der Waals surface area (Å²) in [5.41, 5.74) is 9.73. The van der Waals surface area contributed by atoms with E-state index in [-0.39, 0.29) is 23.9 Å². The molecule has 2 amide bonds. The normalized spacial score (nSPS) is 21.6. The van der Waals surface area contributed by atoms with Crippen LogP contribution in [0.3, 0.4) is 0 Å². The molecule has 0 aliphatic carbocycles. The number of nitrogens with one attached hydrogen (secondary N) is 3. The van der Waals surface area contributed by atoms with Gasteiger partial charge in [-0.05, 0) is 81.2 Å². The monoisotopic (exact) mass is 491 g/mol. The number of carbonyl (C=O) groups is 2. The molecule has 36 heavy (non-hydrogen) atoms. The number of methoxy groups -OCH3 is 1. The molecule has 8 heteroatoms. The van der Waals surface area contributed by atoms with Crippen LogP contribution in [0.1, 0.15) is 69.5 Å². The number of carbonyl (C=O) groups excluding carboxylic acids is 2. The number of ether oxygens (including phenoxy) is 1. The third-order valence-corrected chi connectivity index (χ3v) is 7.84. The second-order valence-electron chi connectivity index (χ2n) is 10.2. The van der Waals surface area contributed by atoms with Crippen molar-refractivity contribution >= 4 is 11.8 Å². The molecule has 0 spiro atoms. The number of benzene rings is 2. The fourth-order valence-electron chi connectivity index (χ4n) is 5.70. The van der Waals surface area contributed by atoms with Gasteiger partial charge in [0.05, 0.1) is 13.2 Å². The molecule has 3 N–H and O–H groups in total. The largest absolute Gasteiger partial charge is 0.496 e. The molecule has 3 heterocycles. The summed E-state index contributed by atoms with van der Waals surface area (Å²) in [6.07, 6.45) is 3.78. The Kier molecular flexibility index (Phi) is 7.55. The van der Waals surface area contributed by atoms with Gasteiger partial charge in [-0.3, -0.25) is 20.4 Å². The van der Waals surface area contributed by atoms with Crippen LogP contribution in [0.4, 0.5) is 0 Å². The highest BCUT2D eigenvalue weighted by Crippen LogP contribution is 2.35. The van der Waals surface area contributed by atoms with Crippen molar-refractivity contribution in [3.8, 4) is 5.75 Å². The van der Waals surface area contributed by atoms with E-state index in [1.807, 2.05) is 47.4 Å². The molecular weight excluding hydrogens is 454 g/mol. The van der Waals surface area contributed by atoms with Gasteiger partial charge in [0.25, 0.3) is 11.8 Å². The molecule has 3 saturated heterocycles. The van der Waals surface area contributed by atoms with Gasteiger partial charge in [-0.25, -0.2) is 0 Å². The number of nitrogens with zero attached hydrogens (tertiary/aromatic N) is 2. The molecule has 0 aromatic heterocycles. The summed E-state index contributed by atoms with van der Waals surface area (Å²) in [5, 5.41) is 3.21. The zero-order valence-corrected chi connectivity index (χ0v) is 21.3. The van der Waals surface area contributed by atoms with Gasteiger partial charge in [-0.2, -0.15) is 0 Å². The predicted molar refractivity (Wildman–Crippen MR) is 139 cm³/mol. The zero-order valence-electron chi connectivity index (χ0n) is 21.3. The minimum Gasteiger partial charge on any atom is -0.496 e. The Hall–Kier alpha value is -2.94. The molecule has 0 bridgehead atoms. The number of hydrogen-bond donors (Lipinski definition) is 3. The molecule has 3 aliphatic heterocycles. The standard InChI is InChI=1S/C28H37N5O3/c1-32-13-10-23(11-14-32)31-27(34)20-6-3-5-19(15-20)25-7-4-12-33(25)28(35)21-8-9-24(26(16-21)36-2)22-17-29-30-18-22/h3,5-6,8-9,15-16,22-23,25,29-30H,4,7,10-14,17-18H2,1-2H3,(H,31,34). The Labute approximate surface area is 213 Å². The first-order valence-electron chi connectivity index (χ1n) is 13.1. The summed E-state index contributed by atoms with van der Waals surface area (Å²) in [5.74, 6) is 1.04. The first-order chi connectivity index (χ1) is 17.5. The average molecular weight is 492 g/mol. The van der Waals surface area contributed by atoms with Crippen molar-refractivity contribution in [3.63, 3.8) is 0 Å². The number of likely N-dealkylation sites (tertiary alicyclic amines) is 2. The van der Waals surface area contributed by atoms with Gasteiger partial charge < -0.3 is 19.9 Å². The molecule has 1 atom stereocenters. The summed E-state index contributed by atoms with van der Waals surface area (Å²) in [6.45, 7) is 4.38. The van der Waals surface area contributed by atoms with E-state index in [0.29, 0.717) is 23.6 Å². The van der Waals surface area contributed by atoms with E-state index in [4.69, 9.17) is 4.74 Å². The summed E-state index contributed by atoms with van der Waals surface area (Å²) >= 11 is 0. The van der Waals surface area contributed by atoms with Crippen LogP contribution in [0, 0.1) is 0 Å². The lowest BCUT2D eigenvalue weighted by molar-refractivity contribution is 0.0735. The SMILES string of the molecule is COc1cc(C(=O)N2CCCC2c2cccc(C(=O)NC3CCN(C)CC3)c2)ccc1C1CNNC1. The molecule has 3 fully saturated rings. The Bertz CT molecular complexity index is 1090. The van der Waals surface area contributed by atoms with Crippen molar-refractivity contribution in [1.29, 1.82) is 0 Å². The fraction of sp³-hybridized carbons (Fsp3) is 0.500. The van der Waals surface area contributed by atoms with Crippen LogP contribution in [-0.2, 0) is 0 Å². The van der Waals surface area contributed by atoms with Crippen LogP contribution < -0.4 is 20.9 Å². The summed E-state index contributed by atoms with van der Waals surface area (Å²) in [6, 6.07) is 13.8. The van der Waals surface area contributed by atoms with E-state index < -0.39 is 0 Å². The quantitative estimate of drug-likeness (QED) is 0.576. The maximum atomic E-state index is 13.6. The maximum Gasteiger partial charge on any atom is 0.254 e. The molecule has 5 rings (SSSR count). The van der Waals surface area contributed by atoms with Crippen molar-refractivity contribution in [3.05, 3.63) is 64.7 Å². The van der Waals surface area contributed by atoms with Gasteiger partial charge in [-0.1, -0.05) is 18.2 Å². The van der Waals surface area contributed by atoms with Crippen LogP contribution in [0.25, 0.3) is 0 Å². The second kappa shape index (κ2) is 11.0. The number of rotatable bonds is 6. The highest BCUT2D eigenvalue weighted by molar-refractivity contribution is 5.96. The number of amides is 2. The van der Waals surface area contributed by atoms with Gasteiger partial charge in [0, 0.05) is 42.7 Å². The lowest BCUT2D eigenvalue weighted by Crippen LogP contribution is -2.43. The van der Waals surface area contributed by atoms with Crippen molar-refractivity contribution in [2.24, 2.45) is 0 Å². The van der Waals surface area contributed by atoms with Gasteiger partial charge in [0.2, 0.25) is 0 Å². The lowest BCUT2D eigenvalue weighted by atomic mass is 9.97. The maximum absolute atomic E-state index is 13.6. The van der Waals surface area contributed by atoms with Gasteiger partial charge in [0.1, 0.15) is 5.75 Å². The van der Waals surface area contributed by atoms with Crippen molar-refractivity contribution in [2.75, 3.05) is 46.9 Å². The van der Waals surface area contributed by atoms with E-state index in [1.165, 1.54) is 0 Å². The number of hydrazine groups is 1. The van der Waals surface area contributed by atoms with Crippen LogP contribution >= 0.6 is 0 Å². The van der Waals surface area contributed by atoms with Crippen molar-refractivity contribution in [2.45, 2.75) is 43.7 Å². The molecule has 0 saturated carbocycles. The average Bonchev–Trinajstić information content (AvgIpc) is 3.62. The highest BCUT2D eigenvalue weighted by atomic mass is 16.5. The minimum atomic E-state index is -0.0394. The Balaban J connectivity index is 1.30. The third-order valence-electron chi connectivity index (χ3n) is 7.84. The van der Waals surface area contributed by atoms with E-state index in [0.717, 1.165) is 68.7 Å². The molecule has 2 aromatic carbocycles. The van der Waals surface area contributed by atoms with Crippen molar-refractivity contribution < 1.29 is 14.3 Å².